The lowest BCUT2D eigenvalue weighted by atomic mass is 10.1. The van der Waals surface area contributed by atoms with E-state index < -0.39 is 0 Å². The van der Waals surface area contributed by atoms with E-state index >= 15 is 0 Å². The Morgan fingerprint density at radius 1 is 1.28 bits per heavy atom. The van der Waals surface area contributed by atoms with Crippen molar-refractivity contribution in [2.45, 2.75) is 32.5 Å². The molecule has 0 aromatic heterocycles. The third-order valence-electron chi connectivity index (χ3n) is 3.96. The highest BCUT2D eigenvalue weighted by Gasteiger charge is 2.20. The zero-order valence-electron chi connectivity index (χ0n) is 11.8. The third kappa shape index (κ3) is 3.31. The lowest BCUT2D eigenvalue weighted by molar-refractivity contribution is 0.1000. The minimum atomic E-state index is 0.128. The fourth-order valence-corrected chi connectivity index (χ4v) is 2.45. The fourth-order valence-electron chi connectivity index (χ4n) is 2.45. The monoisotopic (exact) mass is 247 g/mol. The Bertz CT molecular complexity index is 372. The van der Waals surface area contributed by atoms with Crippen LogP contribution in [0.1, 0.15) is 31.0 Å². The van der Waals surface area contributed by atoms with Crippen LogP contribution in [0.2, 0.25) is 0 Å². The second-order valence-corrected chi connectivity index (χ2v) is 5.60. The summed E-state index contributed by atoms with van der Waals surface area (Å²) in [5.41, 5.74) is 8.46. The van der Waals surface area contributed by atoms with Crippen LogP contribution in [0.4, 0.5) is 0 Å². The lowest BCUT2D eigenvalue weighted by Gasteiger charge is -2.37. The van der Waals surface area contributed by atoms with E-state index in [-0.39, 0.29) is 6.04 Å². The molecule has 0 amide bonds. The van der Waals surface area contributed by atoms with Crippen molar-refractivity contribution in [3.63, 3.8) is 0 Å². The molecule has 0 radical (unpaired) electrons. The van der Waals surface area contributed by atoms with Gasteiger partial charge in [0.2, 0.25) is 0 Å². The Morgan fingerprint density at radius 2 is 1.94 bits per heavy atom. The van der Waals surface area contributed by atoms with Crippen LogP contribution in [-0.2, 0) is 6.54 Å². The minimum absolute atomic E-state index is 0.128. The maximum Gasteiger partial charge on any atom is 0.0266 e. The summed E-state index contributed by atoms with van der Waals surface area (Å²) < 4.78 is 0. The SMILES string of the molecule is C[C@H](N)c1ccc(CN2CCN(C)[C@@H](C)C2)cc1. The van der Waals surface area contributed by atoms with Gasteiger partial charge in [-0.3, -0.25) is 4.90 Å². The fraction of sp³-hybridized carbons (Fsp3) is 0.600. The normalized spacial score (nSPS) is 24.1. The van der Waals surface area contributed by atoms with Crippen LogP contribution in [0.5, 0.6) is 0 Å². The van der Waals surface area contributed by atoms with E-state index in [9.17, 15) is 0 Å². The molecule has 2 atom stereocenters. The molecule has 0 bridgehead atoms. The van der Waals surface area contributed by atoms with Gasteiger partial charge in [-0.05, 0) is 32.0 Å². The number of hydrogen-bond donors (Lipinski definition) is 1. The predicted molar refractivity (Wildman–Crippen MR) is 76.4 cm³/mol. The van der Waals surface area contributed by atoms with E-state index in [1.54, 1.807) is 0 Å². The van der Waals surface area contributed by atoms with Crippen molar-refractivity contribution in [1.29, 1.82) is 0 Å². The molecule has 0 unspecified atom stereocenters. The number of nitrogens with zero attached hydrogens (tertiary/aromatic N) is 2. The van der Waals surface area contributed by atoms with Crippen molar-refractivity contribution in [2.24, 2.45) is 5.73 Å². The largest absolute Gasteiger partial charge is 0.324 e. The molecular weight excluding hydrogens is 222 g/mol. The molecule has 1 heterocycles. The molecule has 3 nitrogen and oxygen atoms in total. The maximum absolute atomic E-state index is 5.87. The Labute approximate surface area is 111 Å². The summed E-state index contributed by atoms with van der Waals surface area (Å²) in [5.74, 6) is 0. The predicted octanol–water partition coefficient (Wildman–Crippen LogP) is 1.84. The van der Waals surface area contributed by atoms with Crippen molar-refractivity contribution >= 4 is 0 Å². The van der Waals surface area contributed by atoms with Gasteiger partial charge >= 0.3 is 0 Å². The summed E-state index contributed by atoms with van der Waals surface area (Å²) in [5, 5.41) is 0. The van der Waals surface area contributed by atoms with Crippen molar-refractivity contribution in [3.05, 3.63) is 35.4 Å². The third-order valence-corrected chi connectivity index (χ3v) is 3.96. The van der Waals surface area contributed by atoms with Gasteiger partial charge in [-0.2, -0.15) is 0 Å². The van der Waals surface area contributed by atoms with Crippen LogP contribution in [0, 0.1) is 0 Å². The average Bonchev–Trinajstić information content (AvgIpc) is 2.34. The van der Waals surface area contributed by atoms with Gasteiger partial charge in [0.05, 0.1) is 0 Å². The summed E-state index contributed by atoms with van der Waals surface area (Å²) in [6.07, 6.45) is 0. The first kappa shape index (κ1) is 13.5. The summed E-state index contributed by atoms with van der Waals surface area (Å²) in [6.45, 7) is 8.86. The van der Waals surface area contributed by atoms with Crippen LogP contribution in [0.15, 0.2) is 24.3 Å². The number of nitrogens with two attached hydrogens (primary N) is 1. The van der Waals surface area contributed by atoms with Crippen LogP contribution in [-0.4, -0.2) is 42.5 Å². The second-order valence-electron chi connectivity index (χ2n) is 5.60. The molecule has 0 spiro atoms. The van der Waals surface area contributed by atoms with E-state index in [1.807, 2.05) is 6.92 Å². The minimum Gasteiger partial charge on any atom is -0.324 e. The van der Waals surface area contributed by atoms with Crippen molar-refractivity contribution in [3.8, 4) is 0 Å². The molecule has 1 aromatic rings. The molecule has 2 rings (SSSR count). The first-order valence-corrected chi connectivity index (χ1v) is 6.83. The molecule has 1 fully saturated rings. The topological polar surface area (TPSA) is 32.5 Å². The first-order valence-electron chi connectivity index (χ1n) is 6.83. The van der Waals surface area contributed by atoms with Crippen LogP contribution in [0.25, 0.3) is 0 Å². The molecular formula is C15H25N3. The van der Waals surface area contributed by atoms with Gasteiger partial charge in [-0.1, -0.05) is 24.3 Å². The van der Waals surface area contributed by atoms with E-state index in [2.05, 4.69) is 48.0 Å². The number of rotatable bonds is 3. The van der Waals surface area contributed by atoms with E-state index in [0.717, 1.165) is 19.6 Å². The zero-order valence-corrected chi connectivity index (χ0v) is 11.8. The van der Waals surface area contributed by atoms with Gasteiger partial charge in [0.25, 0.3) is 0 Å². The molecule has 2 N–H and O–H groups in total. The average molecular weight is 247 g/mol. The molecule has 3 heteroatoms. The summed E-state index contributed by atoms with van der Waals surface area (Å²) >= 11 is 0. The molecule has 1 aromatic carbocycles. The summed E-state index contributed by atoms with van der Waals surface area (Å²) in [7, 11) is 2.21. The Morgan fingerprint density at radius 3 is 2.50 bits per heavy atom. The highest BCUT2D eigenvalue weighted by Crippen LogP contribution is 2.14. The lowest BCUT2D eigenvalue weighted by Crippen LogP contribution is -2.49. The Kier molecular flexibility index (Phi) is 4.38. The van der Waals surface area contributed by atoms with E-state index in [4.69, 9.17) is 5.73 Å². The standard InChI is InChI=1S/C15H25N3/c1-12-10-18(9-8-17(12)3)11-14-4-6-15(7-5-14)13(2)16/h4-7,12-13H,8-11,16H2,1-3H3/t12-,13-/m0/s1. The molecule has 100 valence electrons. The quantitative estimate of drug-likeness (QED) is 0.884. The zero-order chi connectivity index (χ0) is 13.1. The van der Waals surface area contributed by atoms with E-state index in [1.165, 1.54) is 17.7 Å². The Balaban J connectivity index is 1.93. The van der Waals surface area contributed by atoms with Gasteiger partial charge in [0, 0.05) is 38.3 Å². The van der Waals surface area contributed by atoms with Crippen molar-refractivity contribution in [2.75, 3.05) is 26.7 Å². The highest BCUT2D eigenvalue weighted by atomic mass is 15.3. The van der Waals surface area contributed by atoms with Crippen molar-refractivity contribution in [1.82, 2.24) is 9.80 Å². The van der Waals surface area contributed by atoms with E-state index in [0.29, 0.717) is 6.04 Å². The second kappa shape index (κ2) is 5.83. The summed E-state index contributed by atoms with van der Waals surface area (Å²) in [6, 6.07) is 9.51. The van der Waals surface area contributed by atoms with Gasteiger partial charge in [0.15, 0.2) is 0 Å². The summed E-state index contributed by atoms with van der Waals surface area (Å²) in [4.78, 5) is 4.96. The Hall–Kier alpha value is -0.900. The highest BCUT2D eigenvalue weighted by molar-refractivity contribution is 5.24. The van der Waals surface area contributed by atoms with Gasteiger partial charge < -0.3 is 10.6 Å². The number of benzene rings is 1. The van der Waals surface area contributed by atoms with Gasteiger partial charge in [-0.25, -0.2) is 0 Å². The maximum atomic E-state index is 5.87. The van der Waals surface area contributed by atoms with Crippen molar-refractivity contribution < 1.29 is 0 Å². The van der Waals surface area contributed by atoms with Crippen LogP contribution >= 0.6 is 0 Å². The number of likely N-dealkylation sites (N-methyl/N-ethyl adjacent to an activating group) is 1. The molecule has 1 saturated heterocycles. The molecule has 0 aliphatic carbocycles. The number of hydrogen-bond acceptors (Lipinski definition) is 3. The van der Waals surface area contributed by atoms with Gasteiger partial charge in [-0.15, -0.1) is 0 Å². The smallest absolute Gasteiger partial charge is 0.0266 e. The van der Waals surface area contributed by atoms with Crippen LogP contribution < -0.4 is 5.73 Å². The molecule has 18 heavy (non-hydrogen) atoms. The molecule has 1 aliphatic rings. The molecule has 0 saturated carbocycles. The number of piperazine rings is 1. The van der Waals surface area contributed by atoms with Crippen LogP contribution in [0.3, 0.4) is 0 Å². The first-order chi connectivity index (χ1) is 8.56. The molecule has 1 aliphatic heterocycles. The van der Waals surface area contributed by atoms with Gasteiger partial charge in [0.1, 0.15) is 0 Å².